The molecule has 0 aliphatic carbocycles. The molecule has 3 atom stereocenters. The zero-order chi connectivity index (χ0) is 18.1. The lowest BCUT2D eigenvalue weighted by atomic mass is 9.87. The van der Waals surface area contributed by atoms with Crippen LogP contribution in [0.3, 0.4) is 0 Å². The summed E-state index contributed by atoms with van der Waals surface area (Å²) >= 11 is 0. The second-order valence-corrected chi connectivity index (χ2v) is 7.17. The predicted octanol–water partition coefficient (Wildman–Crippen LogP) is 1.56. The summed E-state index contributed by atoms with van der Waals surface area (Å²) in [5.41, 5.74) is 0.126. The Morgan fingerprint density at radius 1 is 1.46 bits per heavy atom. The molecule has 0 radical (unpaired) electrons. The second-order valence-electron chi connectivity index (χ2n) is 7.17. The number of halogens is 1. The van der Waals surface area contributed by atoms with Crippen LogP contribution in [0.25, 0.3) is 0 Å². The summed E-state index contributed by atoms with van der Waals surface area (Å²) in [7, 11) is 0. The van der Waals surface area contributed by atoms with Crippen molar-refractivity contribution in [2.24, 2.45) is 0 Å². The molecule has 4 rings (SSSR count). The van der Waals surface area contributed by atoms with E-state index in [4.69, 9.17) is 4.74 Å². The molecule has 1 aromatic heterocycles. The van der Waals surface area contributed by atoms with E-state index in [1.54, 1.807) is 23.5 Å². The number of hydrogen-bond acceptors (Lipinski definition) is 4. The second kappa shape index (κ2) is 6.81. The Balaban J connectivity index is 1.39. The Kier molecular flexibility index (Phi) is 4.50. The van der Waals surface area contributed by atoms with Crippen molar-refractivity contribution in [2.75, 3.05) is 19.7 Å². The van der Waals surface area contributed by atoms with Crippen LogP contribution in [-0.4, -0.2) is 56.9 Å². The Morgan fingerprint density at radius 2 is 2.35 bits per heavy atom. The number of likely N-dealkylation sites (tertiary alicyclic amines) is 1. The van der Waals surface area contributed by atoms with Gasteiger partial charge in [-0.15, -0.1) is 0 Å². The quantitative estimate of drug-likeness (QED) is 0.900. The Hall–Kier alpha value is -2.25. The monoisotopic (exact) mass is 359 g/mol. The minimum absolute atomic E-state index is 0.00701. The van der Waals surface area contributed by atoms with Crippen LogP contribution in [0.15, 0.2) is 43.0 Å². The van der Waals surface area contributed by atoms with Crippen molar-refractivity contribution in [1.29, 1.82) is 0 Å². The molecule has 1 N–H and O–H groups in total. The average Bonchev–Trinajstić information content (AvgIpc) is 3.35. The molecule has 0 unspecified atom stereocenters. The first-order valence-electron chi connectivity index (χ1n) is 8.87. The van der Waals surface area contributed by atoms with Gasteiger partial charge in [-0.05, 0) is 24.1 Å². The number of β-amino-alcohol motifs (C(OH)–C–C–N with tert-alkyl or cyclic N) is 1. The van der Waals surface area contributed by atoms with E-state index in [1.165, 1.54) is 12.1 Å². The number of hydrogen-bond donors (Lipinski definition) is 1. The van der Waals surface area contributed by atoms with Crippen molar-refractivity contribution >= 4 is 5.91 Å². The van der Waals surface area contributed by atoms with Crippen LogP contribution >= 0.6 is 0 Å². The van der Waals surface area contributed by atoms with E-state index < -0.39 is 11.7 Å². The van der Waals surface area contributed by atoms with E-state index in [2.05, 4.69) is 4.98 Å². The minimum Gasteiger partial charge on any atom is -0.388 e. The molecule has 0 bridgehead atoms. The topological polar surface area (TPSA) is 67.6 Å². The lowest BCUT2D eigenvalue weighted by Crippen LogP contribution is -2.41. The Bertz CT molecular complexity index is 782. The number of imidazole rings is 1. The first kappa shape index (κ1) is 17.2. The maximum absolute atomic E-state index is 13.5. The van der Waals surface area contributed by atoms with Crippen LogP contribution in [0.4, 0.5) is 4.39 Å². The maximum atomic E-state index is 13.5. The number of benzene rings is 1. The van der Waals surface area contributed by atoms with Crippen molar-refractivity contribution in [2.45, 2.75) is 37.0 Å². The number of rotatable bonds is 4. The van der Waals surface area contributed by atoms with Gasteiger partial charge < -0.3 is 19.3 Å². The van der Waals surface area contributed by atoms with Gasteiger partial charge in [0.2, 0.25) is 5.91 Å². The van der Waals surface area contributed by atoms with Crippen LogP contribution < -0.4 is 0 Å². The van der Waals surface area contributed by atoms with Crippen molar-refractivity contribution in [1.82, 2.24) is 14.5 Å². The van der Waals surface area contributed by atoms with E-state index in [9.17, 15) is 14.3 Å². The standard InChI is InChI=1S/C19H22FN3O3/c20-16-3-1-2-14(8-16)15-9-19(26-11-15)12-23(10-17(19)24)18(25)4-6-22-7-5-21-13-22/h1-3,5,7-8,13,15,17,24H,4,6,9-12H2/t15-,17-,19-/m1/s1. The van der Waals surface area contributed by atoms with Crippen LogP contribution in [0, 0.1) is 5.82 Å². The van der Waals surface area contributed by atoms with E-state index >= 15 is 0 Å². The third-order valence-electron chi connectivity index (χ3n) is 5.44. The number of aryl methyl sites for hydroxylation is 1. The molecular formula is C19H22FN3O3. The molecule has 7 heteroatoms. The number of carbonyl (C=O) groups excluding carboxylic acids is 1. The molecule has 0 saturated carbocycles. The summed E-state index contributed by atoms with van der Waals surface area (Å²) < 4.78 is 21.3. The van der Waals surface area contributed by atoms with Gasteiger partial charge in [0.15, 0.2) is 0 Å². The molecule has 2 aliphatic rings. The van der Waals surface area contributed by atoms with E-state index in [1.807, 2.05) is 16.8 Å². The number of aliphatic hydroxyl groups excluding tert-OH is 1. The largest absolute Gasteiger partial charge is 0.388 e. The molecule has 26 heavy (non-hydrogen) atoms. The highest BCUT2D eigenvalue weighted by molar-refractivity contribution is 5.76. The molecule has 2 fully saturated rings. The van der Waals surface area contributed by atoms with E-state index in [-0.39, 0.29) is 24.2 Å². The predicted molar refractivity (Wildman–Crippen MR) is 91.9 cm³/mol. The van der Waals surface area contributed by atoms with Crippen molar-refractivity contribution in [3.8, 4) is 0 Å². The first-order chi connectivity index (χ1) is 12.6. The smallest absolute Gasteiger partial charge is 0.224 e. The van der Waals surface area contributed by atoms with E-state index in [0.717, 1.165) is 5.56 Å². The molecule has 3 heterocycles. The fourth-order valence-corrected chi connectivity index (χ4v) is 3.98. The van der Waals surface area contributed by atoms with Gasteiger partial charge in [0.25, 0.3) is 0 Å². The molecule has 6 nitrogen and oxygen atoms in total. The Labute approximate surface area is 151 Å². The number of ether oxygens (including phenoxy) is 1. The third-order valence-corrected chi connectivity index (χ3v) is 5.44. The van der Waals surface area contributed by atoms with Crippen molar-refractivity contribution in [3.05, 3.63) is 54.4 Å². The molecule has 1 aromatic carbocycles. The highest BCUT2D eigenvalue weighted by Crippen LogP contribution is 2.42. The summed E-state index contributed by atoms with van der Waals surface area (Å²) in [6, 6.07) is 6.50. The number of amides is 1. The maximum Gasteiger partial charge on any atom is 0.224 e. The van der Waals surface area contributed by atoms with Crippen molar-refractivity contribution < 1.29 is 19.0 Å². The van der Waals surface area contributed by atoms with Gasteiger partial charge in [0, 0.05) is 37.8 Å². The molecule has 1 amide bonds. The van der Waals surface area contributed by atoms with Gasteiger partial charge in [-0.1, -0.05) is 12.1 Å². The van der Waals surface area contributed by atoms with E-state index in [0.29, 0.717) is 32.5 Å². The van der Waals surface area contributed by atoms with Gasteiger partial charge in [-0.2, -0.15) is 0 Å². The van der Waals surface area contributed by atoms with Gasteiger partial charge in [-0.25, -0.2) is 9.37 Å². The highest BCUT2D eigenvalue weighted by Gasteiger charge is 2.53. The van der Waals surface area contributed by atoms with Crippen LogP contribution in [0.1, 0.15) is 24.3 Å². The fraction of sp³-hybridized carbons (Fsp3) is 0.474. The summed E-state index contributed by atoms with van der Waals surface area (Å²) in [6.45, 7) is 1.64. The molecule has 2 aromatic rings. The zero-order valence-electron chi connectivity index (χ0n) is 14.4. The SMILES string of the molecule is O=C(CCn1ccnc1)N1C[C@@H](O)[C@@]2(C[C@@H](c3cccc(F)c3)CO2)C1. The lowest BCUT2D eigenvalue weighted by Gasteiger charge is -2.26. The number of carbonyl (C=O) groups is 1. The third kappa shape index (κ3) is 3.24. The van der Waals surface area contributed by atoms with Gasteiger partial charge in [-0.3, -0.25) is 4.79 Å². The van der Waals surface area contributed by atoms with Gasteiger partial charge in [0.1, 0.15) is 17.5 Å². The summed E-state index contributed by atoms with van der Waals surface area (Å²) in [6.07, 6.45) is 5.39. The normalized spacial score (nSPS) is 28.2. The Morgan fingerprint density at radius 3 is 3.12 bits per heavy atom. The fourth-order valence-electron chi connectivity index (χ4n) is 3.98. The average molecular weight is 359 g/mol. The molecule has 1 spiro atoms. The molecule has 2 aliphatic heterocycles. The van der Waals surface area contributed by atoms with Crippen molar-refractivity contribution in [3.63, 3.8) is 0 Å². The number of aliphatic hydroxyl groups is 1. The first-order valence-corrected chi connectivity index (χ1v) is 8.87. The molecular weight excluding hydrogens is 337 g/mol. The van der Waals surface area contributed by atoms with Gasteiger partial charge >= 0.3 is 0 Å². The van der Waals surface area contributed by atoms with Gasteiger partial charge in [0.05, 0.1) is 19.5 Å². The van der Waals surface area contributed by atoms with Crippen LogP contribution in [-0.2, 0) is 16.1 Å². The minimum atomic E-state index is -0.748. The van der Waals surface area contributed by atoms with Crippen LogP contribution in [0.5, 0.6) is 0 Å². The number of aromatic nitrogens is 2. The zero-order valence-corrected chi connectivity index (χ0v) is 14.4. The summed E-state index contributed by atoms with van der Waals surface area (Å²) in [5.74, 6) is -0.250. The summed E-state index contributed by atoms with van der Waals surface area (Å²) in [5, 5.41) is 10.6. The summed E-state index contributed by atoms with van der Waals surface area (Å²) in [4.78, 5) is 18.1. The molecule has 138 valence electrons. The lowest BCUT2D eigenvalue weighted by molar-refractivity contribution is -0.131. The highest BCUT2D eigenvalue weighted by atomic mass is 19.1. The molecule has 2 saturated heterocycles. The number of nitrogens with zero attached hydrogens (tertiary/aromatic N) is 3. The van der Waals surface area contributed by atoms with Crippen LogP contribution in [0.2, 0.25) is 0 Å².